The monoisotopic (exact) mass is 184 g/mol. The van der Waals surface area contributed by atoms with Gasteiger partial charge >= 0.3 is 0 Å². The van der Waals surface area contributed by atoms with Gasteiger partial charge in [0.15, 0.2) is 0 Å². The Morgan fingerprint density at radius 3 is 2.25 bits per heavy atom. The average molecular weight is 184 g/mol. The lowest BCUT2D eigenvalue weighted by Gasteiger charge is -2.10. The molecule has 0 N–H and O–H groups in total. The summed E-state index contributed by atoms with van der Waals surface area (Å²) in [6.45, 7) is 11.3. The molecule has 0 rings (SSSR count). The molecule has 0 fully saturated rings. The van der Waals surface area contributed by atoms with Gasteiger partial charge in [0.1, 0.15) is 0 Å². The fraction of sp³-hybridized carbons (Fsp3) is 0.600. The summed E-state index contributed by atoms with van der Waals surface area (Å²) in [5.41, 5.74) is 0. The van der Waals surface area contributed by atoms with Crippen molar-refractivity contribution >= 4 is 8.80 Å². The first kappa shape index (κ1) is 11.7. The number of hydrogen-bond acceptors (Lipinski definition) is 1. The van der Waals surface area contributed by atoms with Crippen LogP contribution < -0.4 is 0 Å². The lowest BCUT2D eigenvalue weighted by atomic mass is 10.7. The van der Waals surface area contributed by atoms with Gasteiger partial charge in [-0.15, -0.1) is 13.2 Å². The van der Waals surface area contributed by atoms with E-state index < -0.39 is 8.80 Å². The second kappa shape index (κ2) is 8.75. The van der Waals surface area contributed by atoms with E-state index in [0.29, 0.717) is 0 Å². The van der Waals surface area contributed by atoms with Gasteiger partial charge in [0, 0.05) is 22.0 Å². The summed E-state index contributed by atoms with van der Waals surface area (Å²) in [4.78, 5) is 0. The SMILES string of the molecule is C=CC[SiH](CC=C)CCOCC. The molecular formula is C10H20OSi. The van der Waals surface area contributed by atoms with E-state index >= 15 is 0 Å². The van der Waals surface area contributed by atoms with Crippen molar-refractivity contribution in [2.24, 2.45) is 0 Å². The highest BCUT2D eigenvalue weighted by Crippen LogP contribution is 2.06. The minimum atomic E-state index is -0.626. The minimum Gasteiger partial charge on any atom is -0.382 e. The Morgan fingerprint density at radius 2 is 1.83 bits per heavy atom. The Hall–Kier alpha value is -0.343. The van der Waals surface area contributed by atoms with Crippen molar-refractivity contribution in [1.29, 1.82) is 0 Å². The fourth-order valence-corrected chi connectivity index (χ4v) is 3.30. The number of hydrogen-bond donors (Lipinski definition) is 0. The molecule has 0 aromatic rings. The molecule has 0 aromatic heterocycles. The predicted octanol–water partition coefficient (Wildman–Crippen LogP) is 2.62. The molecule has 0 amide bonds. The van der Waals surface area contributed by atoms with Gasteiger partial charge in [-0.05, 0) is 25.1 Å². The second-order valence-electron chi connectivity index (χ2n) is 2.90. The first-order valence-electron chi connectivity index (χ1n) is 4.64. The van der Waals surface area contributed by atoms with Crippen molar-refractivity contribution < 1.29 is 4.74 Å². The zero-order valence-corrected chi connectivity index (χ0v) is 9.24. The molecular weight excluding hydrogens is 164 g/mol. The Labute approximate surface area is 77.7 Å². The van der Waals surface area contributed by atoms with Crippen LogP contribution in [0.4, 0.5) is 0 Å². The maximum Gasteiger partial charge on any atom is 0.0466 e. The highest BCUT2D eigenvalue weighted by molar-refractivity contribution is 6.59. The third-order valence-electron chi connectivity index (χ3n) is 1.87. The van der Waals surface area contributed by atoms with Crippen molar-refractivity contribution in [2.45, 2.75) is 25.1 Å². The Bertz CT molecular complexity index is 113. The van der Waals surface area contributed by atoms with Crippen molar-refractivity contribution in [1.82, 2.24) is 0 Å². The molecule has 0 atom stereocenters. The maximum atomic E-state index is 5.32. The van der Waals surface area contributed by atoms with Crippen LogP contribution in [-0.4, -0.2) is 22.0 Å². The largest absolute Gasteiger partial charge is 0.382 e. The van der Waals surface area contributed by atoms with E-state index in [2.05, 4.69) is 13.2 Å². The quantitative estimate of drug-likeness (QED) is 0.320. The van der Waals surface area contributed by atoms with Crippen LogP contribution in [0, 0.1) is 0 Å². The molecule has 0 aliphatic heterocycles. The predicted molar refractivity (Wildman–Crippen MR) is 58.5 cm³/mol. The fourth-order valence-electron chi connectivity index (χ4n) is 1.20. The number of ether oxygens (including phenoxy) is 1. The number of allylic oxidation sites excluding steroid dienone is 2. The van der Waals surface area contributed by atoms with Crippen molar-refractivity contribution in [3.63, 3.8) is 0 Å². The Balaban J connectivity index is 3.47. The van der Waals surface area contributed by atoms with Gasteiger partial charge < -0.3 is 4.74 Å². The van der Waals surface area contributed by atoms with Crippen LogP contribution in [0.3, 0.4) is 0 Å². The van der Waals surface area contributed by atoms with Gasteiger partial charge in [-0.1, -0.05) is 12.2 Å². The smallest absolute Gasteiger partial charge is 0.0466 e. The molecule has 0 saturated carbocycles. The standard InChI is InChI=1S/C10H20OSi/c1-4-8-12(9-5-2)10-7-11-6-3/h4-5,12H,1-2,6-10H2,3H3. The Kier molecular flexibility index (Phi) is 8.50. The van der Waals surface area contributed by atoms with Gasteiger partial charge in [0.25, 0.3) is 0 Å². The molecule has 0 saturated heterocycles. The topological polar surface area (TPSA) is 9.23 Å². The molecule has 0 aliphatic rings. The first-order chi connectivity index (χ1) is 5.85. The van der Waals surface area contributed by atoms with E-state index in [-0.39, 0.29) is 0 Å². The molecule has 70 valence electrons. The van der Waals surface area contributed by atoms with Crippen LogP contribution in [0.2, 0.25) is 18.1 Å². The molecule has 0 bridgehead atoms. The van der Waals surface area contributed by atoms with E-state index in [4.69, 9.17) is 4.74 Å². The molecule has 0 aromatic carbocycles. The summed E-state index contributed by atoms with van der Waals surface area (Å²) in [6, 6.07) is 3.67. The molecule has 1 nitrogen and oxygen atoms in total. The molecule has 0 heterocycles. The van der Waals surface area contributed by atoms with Crippen LogP contribution in [0.5, 0.6) is 0 Å². The minimum absolute atomic E-state index is 0.626. The summed E-state index contributed by atoms with van der Waals surface area (Å²) in [5.74, 6) is 0. The maximum absolute atomic E-state index is 5.32. The van der Waals surface area contributed by atoms with Crippen LogP contribution >= 0.6 is 0 Å². The van der Waals surface area contributed by atoms with Crippen LogP contribution in [0.15, 0.2) is 25.3 Å². The third kappa shape index (κ3) is 6.37. The van der Waals surface area contributed by atoms with E-state index in [1.807, 2.05) is 19.1 Å². The number of rotatable bonds is 8. The van der Waals surface area contributed by atoms with Gasteiger partial charge in [0.2, 0.25) is 0 Å². The molecule has 0 unspecified atom stereocenters. The summed E-state index contributed by atoms with van der Waals surface area (Å²) < 4.78 is 5.32. The zero-order valence-electron chi connectivity index (χ0n) is 8.09. The highest BCUT2D eigenvalue weighted by Gasteiger charge is 2.05. The van der Waals surface area contributed by atoms with Gasteiger partial charge in [-0.3, -0.25) is 0 Å². The zero-order chi connectivity index (χ0) is 9.23. The van der Waals surface area contributed by atoms with E-state index in [1.165, 1.54) is 18.1 Å². The molecule has 12 heavy (non-hydrogen) atoms. The van der Waals surface area contributed by atoms with Crippen molar-refractivity contribution in [2.75, 3.05) is 13.2 Å². The third-order valence-corrected chi connectivity index (χ3v) is 4.93. The van der Waals surface area contributed by atoms with Crippen molar-refractivity contribution in [3.05, 3.63) is 25.3 Å². The normalized spacial score (nSPS) is 10.2. The molecule has 0 aliphatic carbocycles. The average Bonchev–Trinajstić information content (AvgIpc) is 2.06. The van der Waals surface area contributed by atoms with E-state index in [1.54, 1.807) is 0 Å². The van der Waals surface area contributed by atoms with E-state index in [0.717, 1.165) is 13.2 Å². The van der Waals surface area contributed by atoms with Gasteiger partial charge in [-0.25, -0.2) is 0 Å². The summed E-state index contributed by atoms with van der Waals surface area (Å²) in [7, 11) is -0.626. The van der Waals surface area contributed by atoms with Crippen molar-refractivity contribution in [3.8, 4) is 0 Å². The van der Waals surface area contributed by atoms with Crippen LogP contribution in [-0.2, 0) is 4.74 Å². The molecule has 0 spiro atoms. The summed E-state index contributed by atoms with van der Waals surface area (Å²) in [5, 5.41) is 0. The van der Waals surface area contributed by atoms with Gasteiger partial charge in [-0.2, -0.15) is 0 Å². The van der Waals surface area contributed by atoms with Crippen LogP contribution in [0.1, 0.15) is 6.92 Å². The molecule has 2 heteroatoms. The second-order valence-corrected chi connectivity index (χ2v) is 6.15. The first-order valence-corrected chi connectivity index (χ1v) is 7.09. The van der Waals surface area contributed by atoms with Crippen LogP contribution in [0.25, 0.3) is 0 Å². The summed E-state index contributed by atoms with van der Waals surface area (Å²) >= 11 is 0. The van der Waals surface area contributed by atoms with Gasteiger partial charge in [0.05, 0.1) is 0 Å². The Morgan fingerprint density at radius 1 is 1.25 bits per heavy atom. The lowest BCUT2D eigenvalue weighted by Crippen LogP contribution is -2.12. The van der Waals surface area contributed by atoms with E-state index in [9.17, 15) is 0 Å². The lowest BCUT2D eigenvalue weighted by molar-refractivity contribution is 0.161. The highest BCUT2D eigenvalue weighted by atomic mass is 28.3. The summed E-state index contributed by atoms with van der Waals surface area (Å²) in [6.07, 6.45) is 4.07. The molecule has 0 radical (unpaired) electrons.